The van der Waals surface area contributed by atoms with E-state index in [1.807, 2.05) is 0 Å². The smallest absolute Gasteiger partial charge is 0.326 e. The van der Waals surface area contributed by atoms with E-state index in [-0.39, 0.29) is 18.7 Å². The van der Waals surface area contributed by atoms with Gasteiger partial charge in [-0.05, 0) is 35.4 Å². The quantitative estimate of drug-likeness (QED) is 0.461. The Labute approximate surface area is 167 Å². The Balaban J connectivity index is 1.95. The number of hydrogen-bond donors (Lipinski definition) is 3. The molecule has 2 rings (SSSR count). The molecule has 0 heterocycles. The molecule has 0 aliphatic carbocycles. The lowest BCUT2D eigenvalue weighted by molar-refractivity contribution is -0.141. The molecule has 0 aliphatic rings. The van der Waals surface area contributed by atoms with Crippen molar-refractivity contribution in [1.82, 2.24) is 5.32 Å². The van der Waals surface area contributed by atoms with E-state index in [0.29, 0.717) is 22.6 Å². The van der Waals surface area contributed by atoms with E-state index in [1.54, 1.807) is 48.5 Å². The summed E-state index contributed by atoms with van der Waals surface area (Å²) in [5.41, 5.74) is 1.97. The van der Waals surface area contributed by atoms with E-state index in [9.17, 15) is 24.3 Å². The van der Waals surface area contributed by atoms with Crippen molar-refractivity contribution < 1.29 is 29.0 Å². The molecule has 2 aromatic rings. The van der Waals surface area contributed by atoms with E-state index in [1.165, 1.54) is 13.8 Å². The first-order chi connectivity index (χ1) is 13.7. The number of amides is 2. The molecule has 0 saturated heterocycles. The zero-order valence-electron chi connectivity index (χ0n) is 16.1. The van der Waals surface area contributed by atoms with Crippen LogP contribution in [0.25, 0.3) is 0 Å². The molecule has 0 bridgehead atoms. The molecule has 0 fully saturated rings. The molecular formula is C21H22N2O6. The van der Waals surface area contributed by atoms with Crippen LogP contribution in [0.2, 0.25) is 0 Å². The molecule has 0 radical (unpaired) electrons. The number of esters is 1. The van der Waals surface area contributed by atoms with E-state index in [2.05, 4.69) is 10.6 Å². The monoisotopic (exact) mass is 398 g/mol. The van der Waals surface area contributed by atoms with Crippen molar-refractivity contribution in [2.45, 2.75) is 32.7 Å². The SMILES string of the molecule is CC(=O)Nc1ccc(CC(=O)NC(Cc2ccc(OC(C)=O)cc2)C(=O)O)cc1. The number of benzene rings is 2. The maximum Gasteiger partial charge on any atom is 0.326 e. The Hall–Kier alpha value is -3.68. The number of carboxylic acids is 1. The second kappa shape index (κ2) is 10.0. The Morgan fingerprint density at radius 2 is 1.52 bits per heavy atom. The summed E-state index contributed by atoms with van der Waals surface area (Å²) in [7, 11) is 0. The molecule has 3 N–H and O–H groups in total. The van der Waals surface area contributed by atoms with Gasteiger partial charge in [0.25, 0.3) is 0 Å². The van der Waals surface area contributed by atoms with Crippen molar-refractivity contribution in [2.24, 2.45) is 0 Å². The molecule has 8 heteroatoms. The van der Waals surface area contributed by atoms with E-state index >= 15 is 0 Å². The fourth-order valence-electron chi connectivity index (χ4n) is 2.64. The van der Waals surface area contributed by atoms with Crippen molar-refractivity contribution in [1.29, 1.82) is 0 Å². The van der Waals surface area contributed by atoms with E-state index in [0.717, 1.165) is 0 Å². The minimum atomic E-state index is -1.15. The predicted molar refractivity (Wildman–Crippen MR) is 105 cm³/mol. The molecule has 1 atom stereocenters. The average molecular weight is 398 g/mol. The minimum Gasteiger partial charge on any atom is -0.480 e. The molecule has 152 valence electrons. The summed E-state index contributed by atoms with van der Waals surface area (Å²) >= 11 is 0. The third kappa shape index (κ3) is 7.45. The van der Waals surface area contributed by atoms with Gasteiger partial charge in [-0.15, -0.1) is 0 Å². The molecule has 0 saturated carbocycles. The zero-order valence-corrected chi connectivity index (χ0v) is 16.1. The van der Waals surface area contributed by atoms with Crippen molar-refractivity contribution in [3.63, 3.8) is 0 Å². The maximum absolute atomic E-state index is 12.3. The van der Waals surface area contributed by atoms with Gasteiger partial charge in [-0.1, -0.05) is 24.3 Å². The van der Waals surface area contributed by atoms with E-state index < -0.39 is 23.9 Å². The van der Waals surface area contributed by atoms with Crippen LogP contribution >= 0.6 is 0 Å². The second-order valence-electron chi connectivity index (χ2n) is 6.45. The van der Waals surface area contributed by atoms with Crippen molar-refractivity contribution >= 4 is 29.4 Å². The van der Waals surface area contributed by atoms with Crippen LogP contribution in [0, 0.1) is 0 Å². The zero-order chi connectivity index (χ0) is 21.4. The van der Waals surface area contributed by atoms with Crippen LogP contribution in [-0.4, -0.2) is 34.9 Å². The van der Waals surface area contributed by atoms with E-state index in [4.69, 9.17) is 4.74 Å². The summed E-state index contributed by atoms with van der Waals surface area (Å²) in [5, 5.41) is 14.6. The van der Waals surface area contributed by atoms with Gasteiger partial charge < -0.3 is 20.5 Å². The first-order valence-corrected chi connectivity index (χ1v) is 8.89. The Kier molecular flexibility index (Phi) is 7.47. The second-order valence-corrected chi connectivity index (χ2v) is 6.45. The largest absolute Gasteiger partial charge is 0.480 e. The molecule has 2 aromatic carbocycles. The molecule has 1 unspecified atom stereocenters. The number of aliphatic carboxylic acids is 1. The number of nitrogens with one attached hydrogen (secondary N) is 2. The molecule has 29 heavy (non-hydrogen) atoms. The van der Waals surface area contributed by atoms with Crippen LogP contribution in [-0.2, 0) is 32.0 Å². The van der Waals surface area contributed by atoms with Gasteiger partial charge in [0.05, 0.1) is 6.42 Å². The number of carbonyl (C=O) groups excluding carboxylic acids is 3. The summed E-state index contributed by atoms with van der Waals surface area (Å²) in [5.74, 6) is -1.86. The normalized spacial score (nSPS) is 11.2. The highest BCUT2D eigenvalue weighted by Gasteiger charge is 2.20. The Morgan fingerprint density at radius 3 is 2.03 bits per heavy atom. The molecule has 0 spiro atoms. The summed E-state index contributed by atoms with van der Waals surface area (Å²) in [6.45, 7) is 2.69. The number of rotatable bonds is 8. The van der Waals surface area contributed by atoms with Gasteiger partial charge in [-0.3, -0.25) is 14.4 Å². The third-order valence-electron chi connectivity index (χ3n) is 3.90. The standard InChI is InChI=1S/C21H22N2O6/c1-13(24)22-17-7-3-16(4-8-17)12-20(26)23-19(21(27)28)11-15-5-9-18(10-6-15)29-14(2)25/h3-10,19H,11-12H2,1-2H3,(H,22,24)(H,23,26)(H,27,28). The van der Waals surface area contributed by atoms with Crippen LogP contribution in [0.4, 0.5) is 5.69 Å². The van der Waals surface area contributed by atoms with Gasteiger partial charge in [-0.2, -0.15) is 0 Å². The first kappa shape index (κ1) is 21.6. The number of carbonyl (C=O) groups is 4. The van der Waals surface area contributed by atoms with Crippen molar-refractivity contribution in [2.75, 3.05) is 5.32 Å². The van der Waals surface area contributed by atoms with Gasteiger partial charge in [0.1, 0.15) is 11.8 Å². The van der Waals surface area contributed by atoms with Gasteiger partial charge in [-0.25, -0.2) is 4.79 Å². The minimum absolute atomic E-state index is 0.00945. The lowest BCUT2D eigenvalue weighted by atomic mass is 10.0. The van der Waals surface area contributed by atoms with Crippen LogP contribution in [0.3, 0.4) is 0 Å². The molecular weight excluding hydrogens is 376 g/mol. The predicted octanol–water partition coefficient (Wildman–Crippen LogP) is 1.92. The van der Waals surface area contributed by atoms with Crippen LogP contribution < -0.4 is 15.4 Å². The van der Waals surface area contributed by atoms with Crippen LogP contribution in [0.1, 0.15) is 25.0 Å². The van der Waals surface area contributed by atoms with Crippen LogP contribution in [0.5, 0.6) is 5.75 Å². The summed E-state index contributed by atoms with van der Waals surface area (Å²) in [6, 6.07) is 12.0. The summed E-state index contributed by atoms with van der Waals surface area (Å²) in [6.07, 6.45) is 0.0956. The highest BCUT2D eigenvalue weighted by Crippen LogP contribution is 2.14. The molecule has 8 nitrogen and oxygen atoms in total. The van der Waals surface area contributed by atoms with Gasteiger partial charge in [0.15, 0.2) is 0 Å². The Morgan fingerprint density at radius 1 is 0.931 bits per heavy atom. The summed E-state index contributed by atoms with van der Waals surface area (Å²) in [4.78, 5) is 45.7. The number of ether oxygens (including phenoxy) is 1. The number of anilines is 1. The number of carboxylic acid groups (broad SMARTS) is 1. The fraction of sp³-hybridized carbons (Fsp3) is 0.238. The summed E-state index contributed by atoms with van der Waals surface area (Å²) < 4.78 is 4.93. The van der Waals surface area contributed by atoms with Gasteiger partial charge in [0.2, 0.25) is 11.8 Å². The molecule has 0 aromatic heterocycles. The molecule has 0 aliphatic heterocycles. The Bertz CT molecular complexity index is 890. The maximum atomic E-state index is 12.3. The number of hydrogen-bond acceptors (Lipinski definition) is 5. The van der Waals surface area contributed by atoms with Crippen molar-refractivity contribution in [3.8, 4) is 5.75 Å². The lowest BCUT2D eigenvalue weighted by Crippen LogP contribution is -2.43. The van der Waals surface area contributed by atoms with Gasteiger partial charge >= 0.3 is 11.9 Å². The molecule has 2 amide bonds. The fourth-order valence-corrected chi connectivity index (χ4v) is 2.64. The van der Waals surface area contributed by atoms with Crippen molar-refractivity contribution in [3.05, 3.63) is 59.7 Å². The third-order valence-corrected chi connectivity index (χ3v) is 3.90. The lowest BCUT2D eigenvalue weighted by Gasteiger charge is -2.15. The average Bonchev–Trinajstić information content (AvgIpc) is 2.63. The van der Waals surface area contributed by atoms with Crippen LogP contribution in [0.15, 0.2) is 48.5 Å². The first-order valence-electron chi connectivity index (χ1n) is 8.89. The topological polar surface area (TPSA) is 122 Å². The highest BCUT2D eigenvalue weighted by atomic mass is 16.5. The highest BCUT2D eigenvalue weighted by molar-refractivity contribution is 5.89. The van der Waals surface area contributed by atoms with Gasteiger partial charge in [0, 0.05) is 26.0 Å².